The number of hydrogen-bond acceptors (Lipinski definition) is 1. The minimum absolute atomic E-state index is 0.819. The first-order valence-corrected chi connectivity index (χ1v) is 10.1. The summed E-state index contributed by atoms with van der Waals surface area (Å²) in [5.41, 5.74) is 4.19. The number of benzene rings is 2. The van der Waals surface area contributed by atoms with Crippen LogP contribution in [0.2, 0.25) is 0 Å². The molecule has 0 aliphatic rings. The van der Waals surface area contributed by atoms with Crippen LogP contribution in [0.5, 0.6) is 0 Å². The third kappa shape index (κ3) is 6.57. The maximum absolute atomic E-state index is 2.53. The van der Waals surface area contributed by atoms with Crippen molar-refractivity contribution in [1.82, 2.24) is 0 Å². The maximum Gasteiger partial charge on any atom is 0.0443 e. The molecule has 0 spiro atoms. The first kappa shape index (κ1) is 19.6. The minimum atomic E-state index is 0.819. The van der Waals surface area contributed by atoms with Crippen LogP contribution in [-0.4, -0.2) is 6.54 Å². The van der Waals surface area contributed by atoms with Gasteiger partial charge in [-0.2, -0.15) is 0 Å². The van der Waals surface area contributed by atoms with Gasteiger partial charge in [-0.3, -0.25) is 0 Å². The van der Waals surface area contributed by atoms with E-state index in [-0.39, 0.29) is 0 Å². The smallest absolute Gasteiger partial charge is 0.0443 e. The second-order valence-corrected chi connectivity index (χ2v) is 7.46. The Bertz CT molecular complexity index is 588. The summed E-state index contributed by atoms with van der Waals surface area (Å²) in [7, 11) is 0. The molecule has 0 radical (unpaired) electrons. The zero-order valence-electron chi connectivity index (χ0n) is 16.4. The Morgan fingerprint density at radius 3 is 2.24 bits per heavy atom. The second-order valence-electron chi connectivity index (χ2n) is 7.46. The molecule has 1 heteroatoms. The van der Waals surface area contributed by atoms with Gasteiger partial charge < -0.3 is 4.90 Å². The third-order valence-corrected chi connectivity index (χ3v) is 4.81. The number of rotatable bonds is 11. The van der Waals surface area contributed by atoms with Crippen LogP contribution in [0.4, 0.5) is 11.4 Å². The van der Waals surface area contributed by atoms with Crippen LogP contribution < -0.4 is 4.90 Å². The Morgan fingerprint density at radius 2 is 1.52 bits per heavy atom. The number of hydrogen-bond donors (Lipinski definition) is 0. The molecule has 0 N–H and O–H groups in total. The topological polar surface area (TPSA) is 3.24 Å². The Morgan fingerprint density at radius 1 is 0.800 bits per heavy atom. The Hall–Kier alpha value is -1.76. The van der Waals surface area contributed by atoms with E-state index < -0.39 is 0 Å². The third-order valence-electron chi connectivity index (χ3n) is 4.81. The van der Waals surface area contributed by atoms with Gasteiger partial charge in [0.15, 0.2) is 0 Å². The van der Waals surface area contributed by atoms with Gasteiger partial charge in [-0.25, -0.2) is 0 Å². The van der Waals surface area contributed by atoms with Crippen molar-refractivity contribution in [1.29, 1.82) is 0 Å². The average Bonchev–Trinajstić information content (AvgIpc) is 2.64. The highest BCUT2D eigenvalue weighted by molar-refractivity contribution is 5.66. The fraction of sp³-hybridized carbons (Fsp3) is 0.500. The number of aryl methyl sites for hydroxylation is 1. The monoisotopic (exact) mass is 337 g/mol. The van der Waals surface area contributed by atoms with Crippen molar-refractivity contribution in [3.05, 3.63) is 60.2 Å². The summed E-state index contributed by atoms with van der Waals surface area (Å²) in [6.45, 7) is 8.01. The van der Waals surface area contributed by atoms with Crippen molar-refractivity contribution in [3.63, 3.8) is 0 Å². The summed E-state index contributed by atoms with van der Waals surface area (Å²) in [6, 6.07) is 19.8. The second kappa shape index (κ2) is 11.0. The van der Waals surface area contributed by atoms with Gasteiger partial charge in [-0.1, -0.05) is 82.9 Å². The number of unbranched alkanes of at least 4 members (excludes halogenated alkanes) is 3. The largest absolute Gasteiger partial charge is 0.341 e. The summed E-state index contributed by atoms with van der Waals surface area (Å²) in [4.78, 5) is 2.53. The SMILES string of the molecule is CCCCc1ccccc1N(CCCCCC(C)C)c1ccccc1. The van der Waals surface area contributed by atoms with Gasteiger partial charge >= 0.3 is 0 Å². The summed E-state index contributed by atoms with van der Waals surface area (Å²) < 4.78 is 0. The lowest BCUT2D eigenvalue weighted by Crippen LogP contribution is -2.20. The highest BCUT2D eigenvalue weighted by Gasteiger charge is 2.12. The van der Waals surface area contributed by atoms with E-state index in [1.54, 1.807) is 0 Å². The van der Waals surface area contributed by atoms with E-state index in [9.17, 15) is 0 Å². The molecule has 0 heterocycles. The Balaban J connectivity index is 2.12. The highest BCUT2D eigenvalue weighted by atomic mass is 15.1. The normalized spacial score (nSPS) is 11.0. The molecule has 25 heavy (non-hydrogen) atoms. The maximum atomic E-state index is 2.53. The number of para-hydroxylation sites is 2. The molecule has 0 aliphatic heterocycles. The van der Waals surface area contributed by atoms with E-state index in [4.69, 9.17) is 0 Å². The molecule has 2 rings (SSSR count). The molecule has 0 aromatic heterocycles. The molecule has 0 amide bonds. The number of nitrogens with zero attached hydrogens (tertiary/aromatic N) is 1. The molecule has 0 fully saturated rings. The van der Waals surface area contributed by atoms with Crippen LogP contribution in [0.15, 0.2) is 54.6 Å². The first-order chi connectivity index (χ1) is 12.2. The van der Waals surface area contributed by atoms with E-state index in [0.29, 0.717) is 0 Å². The van der Waals surface area contributed by atoms with E-state index in [0.717, 1.165) is 12.5 Å². The van der Waals surface area contributed by atoms with Crippen molar-refractivity contribution in [2.75, 3.05) is 11.4 Å². The molecule has 136 valence electrons. The zero-order chi connectivity index (χ0) is 17.9. The van der Waals surface area contributed by atoms with Gasteiger partial charge in [-0.05, 0) is 48.9 Å². The van der Waals surface area contributed by atoms with Crippen molar-refractivity contribution in [2.45, 2.75) is 65.7 Å². The first-order valence-electron chi connectivity index (χ1n) is 10.1. The quantitative estimate of drug-likeness (QED) is 0.386. The lowest BCUT2D eigenvalue weighted by atomic mass is 10.0. The molecule has 2 aromatic carbocycles. The molecule has 0 bridgehead atoms. The highest BCUT2D eigenvalue weighted by Crippen LogP contribution is 2.30. The van der Waals surface area contributed by atoms with Crippen molar-refractivity contribution in [2.24, 2.45) is 5.92 Å². The van der Waals surface area contributed by atoms with Crippen LogP contribution in [0, 0.1) is 5.92 Å². The molecule has 0 atom stereocenters. The fourth-order valence-corrected chi connectivity index (χ4v) is 3.35. The average molecular weight is 338 g/mol. The van der Waals surface area contributed by atoms with Crippen LogP contribution in [0.3, 0.4) is 0 Å². The minimum Gasteiger partial charge on any atom is -0.341 e. The summed E-state index contributed by atoms with van der Waals surface area (Å²) >= 11 is 0. The van der Waals surface area contributed by atoms with Crippen LogP contribution in [0.1, 0.15) is 64.9 Å². The predicted octanol–water partition coefficient (Wildman–Crippen LogP) is 7.38. The standard InChI is InChI=1S/C24H35N/c1-4-5-15-22-16-11-12-19-24(22)25(23-17-9-6-10-18-23)20-13-7-8-14-21(2)3/h6,9-12,16-19,21H,4-5,7-8,13-15,20H2,1-3H3. The zero-order valence-corrected chi connectivity index (χ0v) is 16.4. The van der Waals surface area contributed by atoms with E-state index in [1.807, 2.05) is 0 Å². The molecule has 2 aromatic rings. The number of anilines is 2. The molecule has 0 saturated carbocycles. The fourth-order valence-electron chi connectivity index (χ4n) is 3.35. The van der Waals surface area contributed by atoms with Gasteiger partial charge in [0.2, 0.25) is 0 Å². The van der Waals surface area contributed by atoms with E-state index >= 15 is 0 Å². The van der Waals surface area contributed by atoms with Crippen molar-refractivity contribution in [3.8, 4) is 0 Å². The summed E-state index contributed by atoms with van der Waals surface area (Å²) in [6.07, 6.45) is 8.94. The Kier molecular flexibility index (Phi) is 8.59. The molecule has 1 nitrogen and oxygen atoms in total. The van der Waals surface area contributed by atoms with Crippen molar-refractivity contribution < 1.29 is 0 Å². The molecule has 0 aliphatic carbocycles. The van der Waals surface area contributed by atoms with Gasteiger partial charge in [0.1, 0.15) is 0 Å². The molecular formula is C24H35N. The lowest BCUT2D eigenvalue weighted by Gasteiger charge is -2.27. The van der Waals surface area contributed by atoms with E-state index in [2.05, 4.69) is 80.3 Å². The molecule has 0 saturated heterocycles. The van der Waals surface area contributed by atoms with Gasteiger partial charge in [0, 0.05) is 17.9 Å². The van der Waals surface area contributed by atoms with E-state index in [1.165, 1.54) is 61.9 Å². The lowest BCUT2D eigenvalue weighted by molar-refractivity contribution is 0.528. The van der Waals surface area contributed by atoms with Crippen LogP contribution >= 0.6 is 0 Å². The molecular weight excluding hydrogens is 302 g/mol. The van der Waals surface area contributed by atoms with Gasteiger partial charge in [-0.15, -0.1) is 0 Å². The van der Waals surface area contributed by atoms with Crippen molar-refractivity contribution >= 4 is 11.4 Å². The van der Waals surface area contributed by atoms with Gasteiger partial charge in [0.05, 0.1) is 0 Å². The van der Waals surface area contributed by atoms with Crippen LogP contribution in [0.25, 0.3) is 0 Å². The predicted molar refractivity (Wildman–Crippen MR) is 112 cm³/mol. The summed E-state index contributed by atoms with van der Waals surface area (Å²) in [5, 5.41) is 0. The summed E-state index contributed by atoms with van der Waals surface area (Å²) in [5.74, 6) is 0.819. The molecule has 0 unspecified atom stereocenters. The van der Waals surface area contributed by atoms with Crippen LogP contribution in [-0.2, 0) is 6.42 Å². The van der Waals surface area contributed by atoms with Gasteiger partial charge in [0.25, 0.3) is 0 Å². The Labute approximate surface area is 155 Å².